The van der Waals surface area contributed by atoms with Crippen molar-refractivity contribution in [1.82, 2.24) is 5.01 Å². The van der Waals surface area contributed by atoms with Crippen LogP contribution in [0.3, 0.4) is 0 Å². The molecular formula is C14H18N2O2. The molecule has 96 valence electrons. The average molecular weight is 246 g/mol. The number of ether oxygens (including phenoxy) is 1. The predicted octanol–water partition coefficient (Wildman–Crippen LogP) is 2.58. The second kappa shape index (κ2) is 5.67. The van der Waals surface area contributed by atoms with E-state index in [0.717, 1.165) is 29.9 Å². The molecule has 1 aromatic carbocycles. The molecule has 0 aliphatic carbocycles. The Labute approximate surface area is 107 Å². The SMILES string of the molecule is CCCC1=NN(Cc2ccc(OC)cc2)C(=O)C1. The summed E-state index contributed by atoms with van der Waals surface area (Å²) in [6.45, 7) is 2.63. The van der Waals surface area contributed by atoms with Crippen molar-refractivity contribution >= 4 is 11.6 Å². The summed E-state index contributed by atoms with van der Waals surface area (Å²) >= 11 is 0. The Hall–Kier alpha value is -1.84. The van der Waals surface area contributed by atoms with Gasteiger partial charge in [-0.2, -0.15) is 5.10 Å². The summed E-state index contributed by atoms with van der Waals surface area (Å²) in [6.07, 6.45) is 2.41. The topological polar surface area (TPSA) is 41.9 Å². The van der Waals surface area contributed by atoms with Crippen LogP contribution in [0.1, 0.15) is 31.7 Å². The first-order valence-corrected chi connectivity index (χ1v) is 6.22. The molecule has 0 unspecified atom stereocenters. The lowest BCUT2D eigenvalue weighted by Gasteiger charge is -2.11. The van der Waals surface area contributed by atoms with Crippen molar-refractivity contribution in [3.8, 4) is 5.75 Å². The van der Waals surface area contributed by atoms with E-state index >= 15 is 0 Å². The Morgan fingerprint density at radius 1 is 1.33 bits per heavy atom. The number of benzene rings is 1. The van der Waals surface area contributed by atoms with E-state index in [-0.39, 0.29) is 5.91 Å². The fourth-order valence-electron chi connectivity index (χ4n) is 1.98. The van der Waals surface area contributed by atoms with Crippen LogP contribution in [0.2, 0.25) is 0 Å². The van der Waals surface area contributed by atoms with Crippen molar-refractivity contribution in [2.75, 3.05) is 7.11 Å². The minimum Gasteiger partial charge on any atom is -0.497 e. The molecule has 0 aromatic heterocycles. The number of hydrogen-bond donors (Lipinski definition) is 0. The number of hydrogen-bond acceptors (Lipinski definition) is 3. The van der Waals surface area contributed by atoms with E-state index in [9.17, 15) is 4.79 Å². The molecule has 0 bridgehead atoms. The van der Waals surface area contributed by atoms with Crippen LogP contribution < -0.4 is 4.74 Å². The van der Waals surface area contributed by atoms with Crippen molar-refractivity contribution in [2.45, 2.75) is 32.7 Å². The largest absolute Gasteiger partial charge is 0.497 e. The smallest absolute Gasteiger partial charge is 0.248 e. The van der Waals surface area contributed by atoms with Gasteiger partial charge >= 0.3 is 0 Å². The molecule has 4 nitrogen and oxygen atoms in total. The van der Waals surface area contributed by atoms with Crippen molar-refractivity contribution in [2.24, 2.45) is 5.10 Å². The lowest BCUT2D eigenvalue weighted by atomic mass is 10.2. The van der Waals surface area contributed by atoms with Gasteiger partial charge in [-0.15, -0.1) is 0 Å². The molecule has 1 heterocycles. The minimum absolute atomic E-state index is 0.0919. The Morgan fingerprint density at radius 2 is 2.06 bits per heavy atom. The van der Waals surface area contributed by atoms with Gasteiger partial charge in [0.05, 0.1) is 20.1 Å². The summed E-state index contributed by atoms with van der Waals surface area (Å²) in [7, 11) is 1.64. The van der Waals surface area contributed by atoms with Gasteiger partial charge in [0.2, 0.25) is 5.91 Å². The maximum Gasteiger partial charge on any atom is 0.248 e. The first-order chi connectivity index (χ1) is 8.72. The summed E-state index contributed by atoms with van der Waals surface area (Å²) in [5, 5.41) is 5.93. The zero-order valence-corrected chi connectivity index (χ0v) is 10.8. The zero-order chi connectivity index (χ0) is 13.0. The first kappa shape index (κ1) is 12.6. The van der Waals surface area contributed by atoms with Crippen LogP contribution in [0.15, 0.2) is 29.4 Å². The van der Waals surface area contributed by atoms with Crippen LogP contribution in [-0.4, -0.2) is 23.7 Å². The number of rotatable bonds is 5. The molecule has 0 atom stereocenters. The lowest BCUT2D eigenvalue weighted by molar-refractivity contribution is -0.129. The highest BCUT2D eigenvalue weighted by atomic mass is 16.5. The van der Waals surface area contributed by atoms with E-state index in [1.807, 2.05) is 24.3 Å². The monoisotopic (exact) mass is 246 g/mol. The predicted molar refractivity (Wildman–Crippen MR) is 70.5 cm³/mol. The highest BCUT2D eigenvalue weighted by Gasteiger charge is 2.22. The fourth-order valence-corrected chi connectivity index (χ4v) is 1.98. The molecule has 0 radical (unpaired) electrons. The summed E-state index contributed by atoms with van der Waals surface area (Å²) in [5.74, 6) is 0.913. The number of nitrogens with zero attached hydrogens (tertiary/aromatic N) is 2. The molecule has 0 fully saturated rings. The van der Waals surface area contributed by atoms with Crippen molar-refractivity contribution in [3.63, 3.8) is 0 Å². The normalized spacial score (nSPS) is 14.9. The van der Waals surface area contributed by atoms with E-state index in [1.165, 1.54) is 0 Å². The number of hydrazone groups is 1. The van der Waals surface area contributed by atoms with Crippen molar-refractivity contribution in [3.05, 3.63) is 29.8 Å². The van der Waals surface area contributed by atoms with E-state index in [1.54, 1.807) is 12.1 Å². The summed E-state index contributed by atoms with van der Waals surface area (Å²) in [6, 6.07) is 7.71. The van der Waals surface area contributed by atoms with E-state index in [4.69, 9.17) is 4.74 Å². The van der Waals surface area contributed by atoms with Crippen LogP contribution >= 0.6 is 0 Å². The highest BCUT2D eigenvalue weighted by Crippen LogP contribution is 2.17. The van der Waals surface area contributed by atoms with Crippen LogP contribution in [0, 0.1) is 0 Å². The second-order valence-corrected chi connectivity index (χ2v) is 4.39. The molecular weight excluding hydrogens is 228 g/mol. The Balaban J connectivity index is 2.02. The van der Waals surface area contributed by atoms with E-state index in [2.05, 4.69) is 12.0 Å². The molecule has 0 saturated heterocycles. The van der Waals surface area contributed by atoms with Crippen LogP contribution in [-0.2, 0) is 11.3 Å². The van der Waals surface area contributed by atoms with Gasteiger partial charge in [-0.3, -0.25) is 4.79 Å². The van der Waals surface area contributed by atoms with E-state index in [0.29, 0.717) is 13.0 Å². The quantitative estimate of drug-likeness (QED) is 0.801. The van der Waals surface area contributed by atoms with Crippen molar-refractivity contribution in [1.29, 1.82) is 0 Å². The van der Waals surface area contributed by atoms with Gasteiger partial charge < -0.3 is 4.74 Å². The first-order valence-electron chi connectivity index (χ1n) is 6.22. The highest BCUT2D eigenvalue weighted by molar-refractivity contribution is 6.04. The molecule has 1 aliphatic rings. The van der Waals surface area contributed by atoms with Crippen LogP contribution in [0.4, 0.5) is 0 Å². The number of methoxy groups -OCH3 is 1. The lowest BCUT2D eigenvalue weighted by Crippen LogP contribution is -2.19. The third-order valence-corrected chi connectivity index (χ3v) is 2.94. The van der Waals surface area contributed by atoms with Gasteiger partial charge in [-0.1, -0.05) is 25.5 Å². The summed E-state index contributed by atoms with van der Waals surface area (Å²) in [5.41, 5.74) is 2.06. The van der Waals surface area contributed by atoms with Crippen LogP contribution in [0.5, 0.6) is 5.75 Å². The third kappa shape index (κ3) is 2.88. The molecule has 0 spiro atoms. The van der Waals surface area contributed by atoms with Gasteiger partial charge in [0, 0.05) is 5.71 Å². The van der Waals surface area contributed by atoms with E-state index < -0.39 is 0 Å². The molecule has 1 aliphatic heterocycles. The summed E-state index contributed by atoms with van der Waals surface area (Å²) in [4.78, 5) is 11.8. The zero-order valence-electron chi connectivity index (χ0n) is 10.8. The number of carbonyl (C=O) groups excluding carboxylic acids is 1. The number of amides is 1. The fraction of sp³-hybridized carbons (Fsp3) is 0.429. The number of carbonyl (C=O) groups is 1. The van der Waals surface area contributed by atoms with Gasteiger partial charge in [-0.25, -0.2) is 5.01 Å². The Bertz CT molecular complexity index is 451. The molecule has 0 saturated carbocycles. The minimum atomic E-state index is 0.0919. The summed E-state index contributed by atoms with van der Waals surface area (Å²) < 4.78 is 5.10. The van der Waals surface area contributed by atoms with Crippen molar-refractivity contribution < 1.29 is 9.53 Å². The molecule has 4 heteroatoms. The van der Waals surface area contributed by atoms with Crippen LogP contribution in [0.25, 0.3) is 0 Å². The molecule has 2 rings (SSSR count). The molecule has 0 N–H and O–H groups in total. The van der Waals surface area contributed by atoms with Gasteiger partial charge in [0.1, 0.15) is 5.75 Å². The maximum atomic E-state index is 11.8. The average Bonchev–Trinajstić information content (AvgIpc) is 2.71. The Morgan fingerprint density at radius 3 is 2.67 bits per heavy atom. The maximum absolute atomic E-state index is 11.8. The third-order valence-electron chi connectivity index (χ3n) is 2.94. The van der Waals surface area contributed by atoms with Gasteiger partial charge in [0.15, 0.2) is 0 Å². The van der Waals surface area contributed by atoms with Gasteiger partial charge in [-0.05, 0) is 24.1 Å². The standard InChI is InChI=1S/C14H18N2O2/c1-3-4-12-9-14(17)16(15-12)10-11-5-7-13(18-2)8-6-11/h5-8H,3-4,9-10H2,1-2H3. The molecule has 1 aromatic rings. The Kier molecular flexibility index (Phi) is 3.97. The van der Waals surface area contributed by atoms with Gasteiger partial charge in [0.25, 0.3) is 0 Å². The second-order valence-electron chi connectivity index (χ2n) is 4.39. The molecule has 1 amide bonds. The molecule has 18 heavy (non-hydrogen) atoms.